The Bertz CT molecular complexity index is 1470. The van der Waals surface area contributed by atoms with Crippen molar-refractivity contribution in [3.05, 3.63) is 54.5 Å². The van der Waals surface area contributed by atoms with E-state index in [1.807, 2.05) is 6.07 Å². The monoisotopic (exact) mass is 597 g/mol. The molecular weight excluding hydrogens is 561 g/mol. The van der Waals surface area contributed by atoms with Gasteiger partial charge in [-0.3, -0.25) is 9.32 Å². The van der Waals surface area contributed by atoms with E-state index in [1.165, 1.54) is 13.3 Å². The van der Waals surface area contributed by atoms with E-state index in [4.69, 9.17) is 30.0 Å². The summed E-state index contributed by atoms with van der Waals surface area (Å²) in [6, 6.07) is 13.4. The molecule has 1 unspecified atom stereocenters. The molecule has 0 spiro atoms. The molecule has 14 heteroatoms. The predicted octanol–water partition coefficient (Wildman–Crippen LogP) is 3.67. The van der Waals surface area contributed by atoms with Crippen molar-refractivity contribution in [2.45, 2.75) is 69.2 Å². The van der Waals surface area contributed by atoms with Crippen molar-refractivity contribution in [2.75, 3.05) is 18.9 Å². The number of benzene rings is 1. The number of carbonyl (C=O) groups excluding carboxylic acids is 1. The maximum atomic E-state index is 14.0. The van der Waals surface area contributed by atoms with Crippen molar-refractivity contribution >= 4 is 25.1 Å². The number of nitrogen functional groups attached to an aromatic ring is 1. The van der Waals surface area contributed by atoms with Crippen LogP contribution in [0.3, 0.4) is 0 Å². The fourth-order valence-electron chi connectivity index (χ4n) is 5.27. The molecule has 1 aliphatic heterocycles. The topological polar surface area (TPSA) is 189 Å². The number of aromatic nitrogens is 3. The number of rotatable bonds is 11. The molecule has 5 N–H and O–H groups in total. The molecule has 2 fully saturated rings. The van der Waals surface area contributed by atoms with E-state index < -0.39 is 31.5 Å². The van der Waals surface area contributed by atoms with Crippen LogP contribution in [-0.2, 0) is 23.4 Å². The number of nitrogens with one attached hydrogen (secondary N) is 1. The molecule has 2 aromatic heterocycles. The molecule has 1 saturated carbocycles. The second-order valence-electron chi connectivity index (χ2n) is 10.9. The lowest BCUT2D eigenvalue weighted by Gasteiger charge is -2.28. The molecule has 0 radical (unpaired) electrons. The lowest BCUT2D eigenvalue weighted by atomic mass is 9.87. The Morgan fingerprint density at radius 2 is 2.00 bits per heavy atom. The van der Waals surface area contributed by atoms with Gasteiger partial charge in [-0.2, -0.15) is 15.4 Å². The van der Waals surface area contributed by atoms with Gasteiger partial charge in [0, 0.05) is 6.04 Å². The van der Waals surface area contributed by atoms with Crippen LogP contribution >= 0.6 is 7.75 Å². The van der Waals surface area contributed by atoms with Gasteiger partial charge in [-0.05, 0) is 75.6 Å². The summed E-state index contributed by atoms with van der Waals surface area (Å²) in [5.74, 6) is 0.248. The molecule has 4 atom stereocenters. The van der Waals surface area contributed by atoms with Crippen LogP contribution < -0.4 is 21.1 Å². The first-order valence-corrected chi connectivity index (χ1v) is 15.6. The molecule has 2 aliphatic rings. The number of carbonyl (C=O) groups is 1. The summed E-state index contributed by atoms with van der Waals surface area (Å²) in [4.78, 5) is 16.8. The lowest BCUT2D eigenvalue weighted by molar-refractivity contribution is -0.147. The van der Waals surface area contributed by atoms with Crippen molar-refractivity contribution in [1.82, 2.24) is 19.7 Å². The highest BCUT2D eigenvalue weighted by molar-refractivity contribution is 7.52. The third-order valence-electron chi connectivity index (χ3n) is 7.72. The van der Waals surface area contributed by atoms with Gasteiger partial charge < -0.3 is 25.5 Å². The van der Waals surface area contributed by atoms with Crippen molar-refractivity contribution in [2.24, 2.45) is 11.7 Å². The standard InChI is InChI=1S/C28H36N7O6P/c1-19(27(36)38-15-20-7-9-21(30)10-8-20)34-42(37,41-22-5-3-2-4-6-22)39-17-28(16-29)14-13-25(40-28)23-11-12-24-26(31)32-18-33-35(23)24/h2-6,11-12,18-21,25H,7-10,13-15,17,30H2,1H3,(H,34,37)(H2,31,32,33)/t19-,20?,21?,25+,28+,42?/m0/s1. The number of esters is 1. The smallest absolute Gasteiger partial charge is 0.459 e. The quantitative estimate of drug-likeness (QED) is 0.215. The van der Waals surface area contributed by atoms with E-state index >= 15 is 0 Å². The first-order valence-electron chi connectivity index (χ1n) is 14.1. The number of ether oxygens (including phenoxy) is 2. The van der Waals surface area contributed by atoms with Gasteiger partial charge in [0.05, 0.1) is 12.3 Å². The van der Waals surface area contributed by atoms with E-state index in [-0.39, 0.29) is 30.9 Å². The molecule has 224 valence electrons. The zero-order chi connectivity index (χ0) is 29.7. The van der Waals surface area contributed by atoms with Gasteiger partial charge in [-0.15, -0.1) is 0 Å². The van der Waals surface area contributed by atoms with Gasteiger partial charge in [-0.25, -0.2) is 14.1 Å². The molecule has 5 rings (SSSR count). The molecule has 1 saturated heterocycles. The highest BCUT2D eigenvalue weighted by Gasteiger charge is 2.45. The van der Waals surface area contributed by atoms with Crippen LogP contribution in [0.1, 0.15) is 57.2 Å². The van der Waals surface area contributed by atoms with Crippen molar-refractivity contribution in [1.29, 1.82) is 5.26 Å². The van der Waals surface area contributed by atoms with Gasteiger partial charge in [0.25, 0.3) is 0 Å². The molecule has 3 heterocycles. The minimum absolute atomic E-state index is 0.196. The Morgan fingerprint density at radius 3 is 2.74 bits per heavy atom. The van der Waals surface area contributed by atoms with Gasteiger partial charge in [0.15, 0.2) is 11.4 Å². The van der Waals surface area contributed by atoms with Gasteiger partial charge >= 0.3 is 13.7 Å². The molecule has 3 aromatic rings. The summed E-state index contributed by atoms with van der Waals surface area (Å²) >= 11 is 0. The molecular formula is C28H36N7O6P. The lowest BCUT2D eigenvalue weighted by Crippen LogP contribution is -2.38. The second kappa shape index (κ2) is 12.8. The highest BCUT2D eigenvalue weighted by Crippen LogP contribution is 2.48. The van der Waals surface area contributed by atoms with Crippen molar-refractivity contribution in [3.8, 4) is 11.8 Å². The Labute approximate surface area is 244 Å². The van der Waals surface area contributed by atoms with Crippen LogP contribution in [0.2, 0.25) is 0 Å². The first-order chi connectivity index (χ1) is 20.2. The molecule has 0 amide bonds. The molecule has 42 heavy (non-hydrogen) atoms. The molecule has 0 bridgehead atoms. The van der Waals surface area contributed by atoms with E-state index in [9.17, 15) is 14.6 Å². The average Bonchev–Trinajstić information content (AvgIpc) is 3.62. The Hall–Kier alpha value is -3.53. The number of para-hydroxylation sites is 1. The van der Waals surface area contributed by atoms with Crippen molar-refractivity contribution < 1.29 is 27.9 Å². The van der Waals surface area contributed by atoms with E-state index in [0.717, 1.165) is 25.7 Å². The van der Waals surface area contributed by atoms with E-state index in [1.54, 1.807) is 40.9 Å². The zero-order valence-corrected chi connectivity index (χ0v) is 24.3. The van der Waals surface area contributed by atoms with Crippen LogP contribution in [0.15, 0.2) is 48.8 Å². The highest BCUT2D eigenvalue weighted by atomic mass is 31.2. The Morgan fingerprint density at radius 1 is 1.24 bits per heavy atom. The third kappa shape index (κ3) is 6.91. The fraction of sp³-hybridized carbons (Fsp3) is 0.500. The summed E-state index contributed by atoms with van der Waals surface area (Å²) in [7, 11) is -4.19. The minimum Gasteiger partial charge on any atom is -0.464 e. The minimum atomic E-state index is -4.19. The summed E-state index contributed by atoms with van der Waals surface area (Å²) in [5, 5.41) is 17.1. The number of nitrogens with zero attached hydrogens (tertiary/aromatic N) is 4. The largest absolute Gasteiger partial charge is 0.464 e. The maximum absolute atomic E-state index is 14.0. The van der Waals surface area contributed by atoms with Crippen LogP contribution in [0.25, 0.3) is 5.52 Å². The first kappa shape index (κ1) is 29.9. The predicted molar refractivity (Wildman–Crippen MR) is 153 cm³/mol. The number of hydrogen-bond donors (Lipinski definition) is 3. The average molecular weight is 598 g/mol. The number of nitrogens with two attached hydrogens (primary N) is 2. The summed E-state index contributed by atoms with van der Waals surface area (Å²) in [5.41, 5.74) is 11.8. The zero-order valence-electron chi connectivity index (χ0n) is 23.4. The molecule has 1 aromatic carbocycles. The summed E-state index contributed by atoms with van der Waals surface area (Å²) < 4.78 is 38.9. The number of nitriles is 1. The summed E-state index contributed by atoms with van der Waals surface area (Å²) in [6.45, 7) is 1.42. The summed E-state index contributed by atoms with van der Waals surface area (Å²) in [6.07, 6.45) is 5.23. The van der Waals surface area contributed by atoms with Gasteiger partial charge in [0.2, 0.25) is 0 Å². The van der Waals surface area contributed by atoms with Crippen LogP contribution in [-0.4, -0.2) is 51.5 Å². The SMILES string of the molecule is C[C@H](NP(=O)(OC[C@]1(C#N)CC[C@H](c2ccc3c(N)ncnn23)O1)Oc1ccccc1)C(=O)OCC1CCC(N)CC1. The van der Waals surface area contributed by atoms with E-state index in [0.29, 0.717) is 29.9 Å². The number of fused-ring (bicyclic) bond motifs is 1. The normalized spacial score (nSPS) is 26.3. The number of anilines is 1. The maximum Gasteiger partial charge on any atom is 0.459 e. The fourth-order valence-corrected chi connectivity index (χ4v) is 6.81. The van der Waals surface area contributed by atoms with Gasteiger partial charge in [-0.1, -0.05) is 18.2 Å². The second-order valence-corrected chi connectivity index (χ2v) is 12.6. The Kier molecular flexibility index (Phi) is 9.11. The number of hydrogen-bond acceptors (Lipinski definition) is 11. The van der Waals surface area contributed by atoms with E-state index in [2.05, 4.69) is 21.2 Å². The Balaban J connectivity index is 1.26. The molecule has 13 nitrogen and oxygen atoms in total. The van der Waals surface area contributed by atoms with Crippen LogP contribution in [0, 0.1) is 17.2 Å². The van der Waals surface area contributed by atoms with Crippen LogP contribution in [0.5, 0.6) is 5.75 Å². The third-order valence-corrected chi connectivity index (χ3v) is 9.34. The van der Waals surface area contributed by atoms with Gasteiger partial charge in [0.1, 0.15) is 42.4 Å². The van der Waals surface area contributed by atoms with Crippen molar-refractivity contribution in [3.63, 3.8) is 0 Å². The molecule has 1 aliphatic carbocycles. The van der Waals surface area contributed by atoms with Crippen LogP contribution in [0.4, 0.5) is 5.82 Å².